The Morgan fingerprint density at radius 1 is 1.04 bits per heavy atom. The maximum atomic E-state index is 14.5. The normalized spacial score (nSPS) is 24.4. The van der Waals surface area contributed by atoms with Crippen LogP contribution in [0.25, 0.3) is 0 Å². The van der Waals surface area contributed by atoms with E-state index in [0.717, 1.165) is 25.7 Å². The number of halogens is 1. The van der Waals surface area contributed by atoms with Gasteiger partial charge in [0.1, 0.15) is 29.5 Å². The first-order valence-electron chi connectivity index (χ1n) is 19.1. The fourth-order valence-corrected chi connectivity index (χ4v) is 9.25. The average molecular weight is 791 g/mol. The van der Waals surface area contributed by atoms with Gasteiger partial charge in [-0.15, -0.1) is 6.58 Å². The second-order valence-electron chi connectivity index (χ2n) is 16.6. The molecular formula is C38H56FN6O9P. The van der Waals surface area contributed by atoms with Crippen molar-refractivity contribution < 1.29 is 46.7 Å². The van der Waals surface area contributed by atoms with Gasteiger partial charge in [0.2, 0.25) is 11.8 Å². The molecule has 2 saturated carbocycles. The molecule has 0 bridgehead atoms. The summed E-state index contributed by atoms with van der Waals surface area (Å²) in [5, 5.41) is 11.0. The molecule has 1 aromatic carbocycles. The maximum absolute atomic E-state index is 14.5. The Morgan fingerprint density at radius 3 is 2.25 bits per heavy atom. The minimum Gasteiger partial charge on any atom is -0.444 e. The highest BCUT2D eigenvalue weighted by Gasteiger charge is 2.62. The molecule has 5 atom stereocenters. The second-order valence-corrected chi connectivity index (χ2v) is 18.3. The molecule has 6 amide bonds. The maximum Gasteiger partial charge on any atom is 0.435 e. The number of likely N-dealkylation sites (tertiary alicyclic amines) is 1. The highest BCUT2D eigenvalue weighted by molar-refractivity contribution is 7.52. The first-order chi connectivity index (χ1) is 25.7. The largest absolute Gasteiger partial charge is 0.444 e. The second kappa shape index (κ2) is 16.6. The zero-order chi connectivity index (χ0) is 40.5. The number of rotatable bonds is 13. The summed E-state index contributed by atoms with van der Waals surface area (Å²) in [5.41, 5.74) is -1.36. The van der Waals surface area contributed by atoms with Gasteiger partial charge in [-0.3, -0.25) is 33.4 Å². The molecule has 304 valence electrons. The number of carbonyl (C=O) groups excluding carboxylic acids is 5. The van der Waals surface area contributed by atoms with Crippen LogP contribution in [0.4, 0.5) is 14.0 Å². The van der Waals surface area contributed by atoms with Crippen LogP contribution in [-0.2, 0) is 45.8 Å². The summed E-state index contributed by atoms with van der Waals surface area (Å²) in [6, 6.07) is 1.75. The lowest BCUT2D eigenvalue weighted by Gasteiger charge is -2.36. The number of amides is 6. The lowest BCUT2D eigenvalue weighted by Crippen LogP contribution is -2.61. The van der Waals surface area contributed by atoms with Crippen molar-refractivity contribution in [1.82, 2.24) is 30.8 Å². The van der Waals surface area contributed by atoms with Gasteiger partial charge in [-0.1, -0.05) is 51.8 Å². The van der Waals surface area contributed by atoms with E-state index < -0.39 is 90.7 Å². The van der Waals surface area contributed by atoms with Crippen molar-refractivity contribution in [3.63, 3.8) is 0 Å². The number of carbonyl (C=O) groups is 5. The van der Waals surface area contributed by atoms with Crippen LogP contribution < -0.4 is 21.0 Å². The number of benzene rings is 1. The van der Waals surface area contributed by atoms with Crippen LogP contribution in [0, 0.1) is 17.2 Å². The molecule has 55 heavy (non-hydrogen) atoms. The van der Waals surface area contributed by atoms with Crippen LogP contribution in [0.1, 0.15) is 98.1 Å². The van der Waals surface area contributed by atoms with Crippen molar-refractivity contribution >= 4 is 37.6 Å². The third kappa shape index (κ3) is 9.87. The number of fused-ring (bicyclic) bond motifs is 1. The van der Waals surface area contributed by atoms with E-state index in [0.29, 0.717) is 11.1 Å². The quantitative estimate of drug-likeness (QED) is 0.157. The number of ether oxygens (including phenoxy) is 1. The third-order valence-corrected chi connectivity index (χ3v) is 12.2. The van der Waals surface area contributed by atoms with E-state index in [1.54, 1.807) is 60.6 Å². The zero-order valence-corrected chi connectivity index (χ0v) is 33.7. The predicted octanol–water partition coefficient (Wildman–Crippen LogP) is 5.04. The molecule has 1 aromatic rings. The molecule has 5 rings (SSSR count). The standard InChI is InChI=1S/C38H56FN6O9P/c1-9-25-18-38(25,34(48)43-55(51,53-22(2)3)54-23(4)5)42-32(46)30-17-27(52-36(50)44-19-24-13-12-16-29(39)28(24)21-44)20-45(30)33(47)31(37(6,7)8)41-35(49)40-26-14-10-11-15-26/h9,12-13,16,22-23,25-27,30-31H,1,10-11,14-15,17-21H2,2-8H3,(H,42,46)(H2,40,41,49)(H,43,48,51)/t25?,27-,30+,31-,38-/m1/s1. The molecule has 17 heteroatoms. The van der Waals surface area contributed by atoms with E-state index in [1.165, 1.54) is 21.9 Å². The van der Waals surface area contributed by atoms with Gasteiger partial charge in [-0.2, -0.15) is 0 Å². The van der Waals surface area contributed by atoms with Crippen LogP contribution in [0.3, 0.4) is 0 Å². The van der Waals surface area contributed by atoms with E-state index in [2.05, 4.69) is 27.6 Å². The van der Waals surface area contributed by atoms with Crippen molar-refractivity contribution in [3.8, 4) is 0 Å². The number of hydrogen-bond donors (Lipinski definition) is 4. The van der Waals surface area contributed by atoms with Gasteiger partial charge in [-0.05, 0) is 64.0 Å². The Morgan fingerprint density at radius 2 is 1.69 bits per heavy atom. The number of nitrogens with one attached hydrogen (secondary N) is 4. The molecule has 0 aromatic heterocycles. The van der Waals surface area contributed by atoms with Gasteiger partial charge in [0.15, 0.2) is 0 Å². The SMILES string of the molecule is C=CC1C[C@]1(NC(=O)[C@@H]1C[C@@H](OC(=O)N2Cc3cccc(F)c3C2)CN1C(=O)[C@@H](NC(=O)NC1CCCC1)C(C)(C)C)C(=O)NP(=O)(OC(C)C)OC(C)C. The summed E-state index contributed by atoms with van der Waals surface area (Å²) in [4.78, 5) is 72.0. The molecule has 1 saturated heterocycles. The summed E-state index contributed by atoms with van der Waals surface area (Å²) in [6.45, 7) is 15.6. The fourth-order valence-electron chi connectivity index (χ4n) is 7.54. The number of urea groups is 1. The van der Waals surface area contributed by atoms with Crippen molar-refractivity contribution in [1.29, 1.82) is 0 Å². The Balaban J connectivity index is 1.38. The van der Waals surface area contributed by atoms with Gasteiger partial charge in [0.05, 0.1) is 25.3 Å². The summed E-state index contributed by atoms with van der Waals surface area (Å²) in [6.07, 6.45) is 2.30. The first kappa shape index (κ1) is 42.1. The monoisotopic (exact) mass is 790 g/mol. The van der Waals surface area contributed by atoms with E-state index >= 15 is 0 Å². The van der Waals surface area contributed by atoms with E-state index in [4.69, 9.17) is 13.8 Å². The zero-order valence-electron chi connectivity index (χ0n) is 32.8. The molecule has 15 nitrogen and oxygen atoms in total. The predicted molar refractivity (Wildman–Crippen MR) is 201 cm³/mol. The number of hydrogen-bond acceptors (Lipinski definition) is 9. The fraction of sp³-hybridized carbons (Fsp3) is 0.658. The van der Waals surface area contributed by atoms with Crippen LogP contribution in [0.5, 0.6) is 0 Å². The Bertz CT molecular complexity index is 1700. The molecule has 4 N–H and O–H groups in total. The Labute approximate surface area is 322 Å². The van der Waals surface area contributed by atoms with Crippen LogP contribution in [-0.4, -0.2) is 88.2 Å². The molecule has 1 unspecified atom stereocenters. The molecule has 2 aliphatic carbocycles. The van der Waals surface area contributed by atoms with Gasteiger partial charge >= 0.3 is 19.9 Å². The molecule has 0 spiro atoms. The molecule has 0 radical (unpaired) electrons. The van der Waals surface area contributed by atoms with Crippen LogP contribution in [0.15, 0.2) is 30.9 Å². The van der Waals surface area contributed by atoms with Crippen molar-refractivity contribution in [2.45, 2.75) is 142 Å². The van der Waals surface area contributed by atoms with E-state index in [-0.39, 0.29) is 38.5 Å². The van der Waals surface area contributed by atoms with Gasteiger partial charge in [0.25, 0.3) is 5.91 Å². The van der Waals surface area contributed by atoms with Crippen molar-refractivity contribution in [2.24, 2.45) is 11.3 Å². The molecule has 3 fully saturated rings. The summed E-state index contributed by atoms with van der Waals surface area (Å²) in [5.74, 6) is -3.11. The van der Waals surface area contributed by atoms with Gasteiger partial charge in [0, 0.05) is 30.5 Å². The lowest BCUT2D eigenvalue weighted by atomic mass is 9.85. The van der Waals surface area contributed by atoms with Gasteiger partial charge < -0.3 is 25.6 Å². The van der Waals surface area contributed by atoms with Gasteiger partial charge in [-0.25, -0.2) is 18.5 Å². The van der Waals surface area contributed by atoms with E-state index in [1.807, 2.05) is 0 Å². The minimum atomic E-state index is -4.18. The minimum absolute atomic E-state index is 0.00226. The summed E-state index contributed by atoms with van der Waals surface area (Å²) in [7, 11) is -4.18. The highest BCUT2D eigenvalue weighted by atomic mass is 31.2. The summed E-state index contributed by atoms with van der Waals surface area (Å²) < 4.78 is 45.0. The van der Waals surface area contributed by atoms with Crippen molar-refractivity contribution in [3.05, 3.63) is 47.8 Å². The first-order valence-corrected chi connectivity index (χ1v) is 20.6. The van der Waals surface area contributed by atoms with Crippen LogP contribution in [0.2, 0.25) is 0 Å². The molecule has 2 aliphatic heterocycles. The molecule has 2 heterocycles. The smallest absolute Gasteiger partial charge is 0.435 e. The van der Waals surface area contributed by atoms with E-state index in [9.17, 15) is 32.9 Å². The molecular weight excluding hydrogens is 734 g/mol. The van der Waals surface area contributed by atoms with Crippen molar-refractivity contribution in [2.75, 3.05) is 6.54 Å². The highest BCUT2D eigenvalue weighted by Crippen LogP contribution is 2.51. The molecule has 4 aliphatic rings. The summed E-state index contributed by atoms with van der Waals surface area (Å²) >= 11 is 0. The lowest BCUT2D eigenvalue weighted by molar-refractivity contribution is -0.142. The topological polar surface area (TPSA) is 185 Å². The number of nitrogens with zero attached hydrogens (tertiary/aromatic N) is 2. The van der Waals surface area contributed by atoms with Crippen LogP contribution >= 0.6 is 7.75 Å². The third-order valence-electron chi connectivity index (χ3n) is 10.4. The Kier molecular flexibility index (Phi) is 12.7. The Hall–Kier alpha value is -4.01. The average Bonchev–Trinajstić information content (AvgIpc) is 3.48.